The third-order valence-corrected chi connectivity index (χ3v) is 6.85. The van der Waals surface area contributed by atoms with E-state index in [0.717, 1.165) is 24.5 Å². The number of aryl methyl sites for hydroxylation is 1. The fourth-order valence-corrected chi connectivity index (χ4v) is 5.28. The van der Waals surface area contributed by atoms with Crippen molar-refractivity contribution >= 4 is 27.6 Å². The molecule has 3 heterocycles. The first-order chi connectivity index (χ1) is 15.1. The van der Waals surface area contributed by atoms with Gasteiger partial charge in [-0.25, -0.2) is 9.37 Å². The molecule has 5 nitrogen and oxygen atoms in total. The molecule has 2 aromatic carbocycles. The van der Waals surface area contributed by atoms with Gasteiger partial charge in [-0.1, -0.05) is 19.1 Å². The molecule has 1 unspecified atom stereocenters. The van der Waals surface area contributed by atoms with Crippen molar-refractivity contribution in [2.45, 2.75) is 51.7 Å². The van der Waals surface area contributed by atoms with Crippen molar-refractivity contribution in [3.63, 3.8) is 0 Å². The molecule has 156 valence electrons. The molecule has 4 aromatic rings. The van der Waals surface area contributed by atoms with Crippen LogP contribution >= 0.6 is 0 Å². The zero-order valence-corrected chi connectivity index (χ0v) is 17.8. The number of benzene rings is 2. The zero-order chi connectivity index (χ0) is 21.3. The molecule has 1 aliphatic carbocycles. The van der Waals surface area contributed by atoms with Crippen molar-refractivity contribution in [3.8, 4) is 17.6 Å². The molecule has 1 fully saturated rings. The Labute approximate surface area is 180 Å². The Morgan fingerprint density at radius 3 is 2.71 bits per heavy atom. The summed E-state index contributed by atoms with van der Waals surface area (Å²) in [4.78, 5) is 7.44. The van der Waals surface area contributed by atoms with Crippen molar-refractivity contribution in [1.82, 2.24) is 14.1 Å². The Balaban J connectivity index is 1.66. The van der Waals surface area contributed by atoms with Gasteiger partial charge in [-0.3, -0.25) is 0 Å². The molecule has 2 aromatic heterocycles. The van der Waals surface area contributed by atoms with Crippen molar-refractivity contribution in [2.24, 2.45) is 0 Å². The highest BCUT2D eigenvalue weighted by molar-refractivity contribution is 5.97. The normalized spacial score (nSPS) is 18.1. The van der Waals surface area contributed by atoms with E-state index in [1.54, 1.807) is 6.07 Å². The average molecular weight is 414 g/mol. The molecule has 1 atom stereocenters. The first-order valence-corrected chi connectivity index (χ1v) is 11.1. The average Bonchev–Trinajstić information content (AvgIpc) is 3.45. The molecule has 0 amide bonds. The van der Waals surface area contributed by atoms with Crippen LogP contribution in [-0.2, 0) is 6.54 Å². The highest BCUT2D eigenvalue weighted by atomic mass is 19.1. The van der Waals surface area contributed by atoms with Crippen LogP contribution in [-0.4, -0.2) is 26.7 Å². The minimum absolute atomic E-state index is 0.299. The van der Waals surface area contributed by atoms with Gasteiger partial charge in [0.05, 0.1) is 40.1 Å². The first-order valence-electron chi connectivity index (χ1n) is 11.1. The van der Waals surface area contributed by atoms with E-state index in [0.29, 0.717) is 35.2 Å². The van der Waals surface area contributed by atoms with Gasteiger partial charge < -0.3 is 14.0 Å². The number of para-hydroxylation sites is 1. The van der Waals surface area contributed by atoms with E-state index in [9.17, 15) is 9.65 Å². The van der Waals surface area contributed by atoms with Crippen LogP contribution in [0, 0.1) is 17.1 Å². The molecule has 1 aliphatic heterocycles. The zero-order valence-electron chi connectivity index (χ0n) is 17.8. The molecule has 0 spiro atoms. The van der Waals surface area contributed by atoms with E-state index in [1.807, 2.05) is 17.6 Å². The summed E-state index contributed by atoms with van der Waals surface area (Å²) in [6, 6.07) is 14.8. The Bertz CT molecular complexity index is 1380. The standard InChI is InChI=1S/C25H24FN5/c1-3-17-14-30(18-8-9-18)21-7-5-6-16-12-22(31(17)23(16)21)25-28-20-11-15(13-27)10-19(26)24(20)29(25)4-2/h5-7,10-12,17-18H,3-4,8-9,14H2,1-2H3. The number of hydrogen-bond acceptors (Lipinski definition) is 3. The Kier molecular flexibility index (Phi) is 3.92. The van der Waals surface area contributed by atoms with Crippen molar-refractivity contribution in [3.05, 3.63) is 47.8 Å². The largest absolute Gasteiger partial charge is 0.365 e. The summed E-state index contributed by atoms with van der Waals surface area (Å²) in [6.07, 6.45) is 3.56. The highest BCUT2D eigenvalue weighted by Gasteiger charge is 2.37. The van der Waals surface area contributed by atoms with Crippen LogP contribution in [0.3, 0.4) is 0 Å². The topological polar surface area (TPSA) is 49.8 Å². The molecule has 6 heteroatoms. The third-order valence-electron chi connectivity index (χ3n) is 6.85. The second kappa shape index (κ2) is 6.58. The van der Waals surface area contributed by atoms with Crippen LogP contribution in [0.4, 0.5) is 10.1 Å². The molecular formula is C25H24FN5. The van der Waals surface area contributed by atoms with Gasteiger partial charge in [-0.05, 0) is 50.5 Å². The second-order valence-corrected chi connectivity index (χ2v) is 8.68. The minimum Gasteiger partial charge on any atom is -0.365 e. The molecule has 0 N–H and O–H groups in total. The Morgan fingerprint density at radius 1 is 1.16 bits per heavy atom. The lowest BCUT2D eigenvalue weighted by Gasteiger charge is -2.37. The van der Waals surface area contributed by atoms with E-state index >= 15 is 0 Å². The van der Waals surface area contributed by atoms with Crippen molar-refractivity contribution in [1.29, 1.82) is 5.26 Å². The lowest BCUT2D eigenvalue weighted by Crippen LogP contribution is -2.36. The number of imidazole rings is 1. The number of aromatic nitrogens is 3. The Hall–Kier alpha value is -3.33. The lowest BCUT2D eigenvalue weighted by atomic mass is 10.1. The maximum absolute atomic E-state index is 14.9. The van der Waals surface area contributed by atoms with Crippen molar-refractivity contribution < 1.29 is 4.39 Å². The highest BCUT2D eigenvalue weighted by Crippen LogP contribution is 2.45. The number of nitrogens with zero attached hydrogens (tertiary/aromatic N) is 5. The van der Waals surface area contributed by atoms with E-state index < -0.39 is 5.82 Å². The van der Waals surface area contributed by atoms with Crippen LogP contribution in [0.25, 0.3) is 33.5 Å². The Morgan fingerprint density at radius 2 is 2.00 bits per heavy atom. The number of hydrogen-bond donors (Lipinski definition) is 0. The van der Waals surface area contributed by atoms with Gasteiger partial charge >= 0.3 is 0 Å². The predicted octanol–water partition coefficient (Wildman–Crippen LogP) is 5.62. The summed E-state index contributed by atoms with van der Waals surface area (Å²) in [5.74, 6) is 0.379. The van der Waals surface area contributed by atoms with E-state index in [2.05, 4.69) is 40.7 Å². The van der Waals surface area contributed by atoms with Gasteiger partial charge in [0, 0.05) is 24.5 Å². The van der Waals surface area contributed by atoms with E-state index in [4.69, 9.17) is 4.98 Å². The fourth-order valence-electron chi connectivity index (χ4n) is 5.28. The fraction of sp³-hybridized carbons (Fsp3) is 0.360. The van der Waals surface area contributed by atoms with Crippen LogP contribution in [0.15, 0.2) is 36.4 Å². The molecule has 2 aliphatic rings. The minimum atomic E-state index is -0.392. The van der Waals surface area contributed by atoms with Gasteiger partial charge in [-0.2, -0.15) is 5.26 Å². The van der Waals surface area contributed by atoms with Gasteiger partial charge in [0.2, 0.25) is 0 Å². The second-order valence-electron chi connectivity index (χ2n) is 8.68. The monoisotopic (exact) mass is 413 g/mol. The summed E-state index contributed by atoms with van der Waals surface area (Å²) in [6.45, 7) is 5.85. The van der Waals surface area contributed by atoms with Crippen LogP contribution in [0.5, 0.6) is 0 Å². The molecule has 6 rings (SSSR count). The molecule has 0 saturated heterocycles. The van der Waals surface area contributed by atoms with Gasteiger partial charge in [0.25, 0.3) is 0 Å². The first kappa shape index (κ1) is 18.4. The number of nitriles is 1. The van der Waals surface area contributed by atoms with Gasteiger partial charge in [0.1, 0.15) is 11.3 Å². The molecule has 31 heavy (non-hydrogen) atoms. The van der Waals surface area contributed by atoms with Gasteiger partial charge in [-0.15, -0.1) is 0 Å². The van der Waals surface area contributed by atoms with E-state index in [1.165, 1.54) is 35.5 Å². The number of fused-ring (bicyclic) bond motifs is 1. The summed E-state index contributed by atoms with van der Waals surface area (Å²) >= 11 is 0. The van der Waals surface area contributed by atoms with Crippen LogP contribution in [0.2, 0.25) is 0 Å². The quantitative estimate of drug-likeness (QED) is 0.436. The SMILES string of the molecule is CCC1CN(C2CC2)c2cccc3cc(-c4nc5cc(C#N)cc(F)c5n4CC)n1c23. The smallest absolute Gasteiger partial charge is 0.157 e. The van der Waals surface area contributed by atoms with Gasteiger partial charge in [0.15, 0.2) is 5.82 Å². The third kappa shape index (κ3) is 2.56. The maximum atomic E-state index is 14.9. The summed E-state index contributed by atoms with van der Waals surface area (Å²) in [7, 11) is 0. The number of rotatable bonds is 4. The number of anilines is 1. The summed E-state index contributed by atoms with van der Waals surface area (Å²) < 4.78 is 19.3. The van der Waals surface area contributed by atoms with E-state index in [-0.39, 0.29) is 0 Å². The van der Waals surface area contributed by atoms with Crippen LogP contribution in [0.1, 0.15) is 44.7 Å². The summed E-state index contributed by atoms with van der Waals surface area (Å²) in [5.41, 5.74) is 4.89. The van der Waals surface area contributed by atoms with Crippen molar-refractivity contribution in [2.75, 3.05) is 11.4 Å². The summed E-state index contributed by atoms with van der Waals surface area (Å²) in [5, 5.41) is 10.5. The molecule has 1 saturated carbocycles. The number of halogens is 1. The maximum Gasteiger partial charge on any atom is 0.157 e. The lowest BCUT2D eigenvalue weighted by molar-refractivity contribution is 0.477. The van der Waals surface area contributed by atoms with Crippen LogP contribution < -0.4 is 4.90 Å². The molecule has 0 radical (unpaired) electrons. The molecular weight excluding hydrogens is 389 g/mol. The molecule has 0 bridgehead atoms. The predicted molar refractivity (Wildman–Crippen MR) is 121 cm³/mol.